The van der Waals surface area contributed by atoms with Gasteiger partial charge in [0.2, 0.25) is 0 Å². The summed E-state index contributed by atoms with van der Waals surface area (Å²) in [5.74, 6) is 0.654. The first-order valence-corrected chi connectivity index (χ1v) is 5.26. The Hall–Kier alpha value is -1.08. The number of hydrogen-bond acceptors (Lipinski definition) is 3. The molecule has 0 saturated carbocycles. The molecule has 1 aromatic heterocycles. The van der Waals surface area contributed by atoms with E-state index in [0.29, 0.717) is 12.4 Å². The van der Waals surface area contributed by atoms with E-state index in [1.807, 2.05) is 13.8 Å². The molecule has 0 aliphatic carbocycles. The molecule has 1 aromatic rings. The lowest BCUT2D eigenvalue weighted by Crippen LogP contribution is -2.25. The predicted octanol–water partition coefficient (Wildman–Crippen LogP) is 1.92. The molecule has 0 amide bonds. The summed E-state index contributed by atoms with van der Waals surface area (Å²) in [7, 11) is 0. The van der Waals surface area contributed by atoms with Crippen LogP contribution in [-0.4, -0.2) is 28.4 Å². The van der Waals surface area contributed by atoms with Crippen molar-refractivity contribution in [2.45, 2.75) is 39.3 Å². The van der Waals surface area contributed by atoms with E-state index in [1.165, 1.54) is 6.20 Å². The van der Waals surface area contributed by atoms with Crippen LogP contribution in [0.4, 0.5) is 13.2 Å². The number of hydrogen-bond donors (Lipinski definition) is 1. The van der Waals surface area contributed by atoms with Crippen LogP contribution >= 0.6 is 0 Å². The third-order valence-corrected chi connectivity index (χ3v) is 1.97. The third-order valence-electron chi connectivity index (χ3n) is 1.97. The standard InChI is InChI=1S/C10H16F3N3O/c1-8(2)15-5-9-14-3-4-16(9)7-17-6-10(11,12)13/h3-4,8,15H,5-7H2,1-2H3. The maximum atomic E-state index is 11.9. The smallest absolute Gasteiger partial charge is 0.351 e. The van der Waals surface area contributed by atoms with E-state index < -0.39 is 12.8 Å². The normalized spacial score (nSPS) is 12.4. The highest BCUT2D eigenvalue weighted by molar-refractivity contribution is 4.91. The average Bonchev–Trinajstić information content (AvgIpc) is 2.60. The molecule has 1 N–H and O–H groups in total. The highest BCUT2D eigenvalue weighted by Crippen LogP contribution is 2.14. The lowest BCUT2D eigenvalue weighted by molar-refractivity contribution is -0.182. The number of ether oxygens (including phenoxy) is 1. The van der Waals surface area contributed by atoms with Gasteiger partial charge in [-0.2, -0.15) is 13.2 Å². The Bertz CT molecular complexity index is 336. The molecule has 0 aromatic carbocycles. The van der Waals surface area contributed by atoms with Crippen molar-refractivity contribution in [3.63, 3.8) is 0 Å². The Morgan fingerprint density at radius 1 is 1.47 bits per heavy atom. The molecule has 0 radical (unpaired) electrons. The van der Waals surface area contributed by atoms with E-state index in [4.69, 9.17) is 0 Å². The molecule has 1 rings (SSSR count). The van der Waals surface area contributed by atoms with Crippen LogP contribution in [0, 0.1) is 0 Å². The number of halogens is 3. The second kappa shape index (κ2) is 6.02. The van der Waals surface area contributed by atoms with E-state index in [2.05, 4.69) is 15.0 Å². The molecule has 17 heavy (non-hydrogen) atoms. The van der Waals surface area contributed by atoms with Crippen molar-refractivity contribution in [3.05, 3.63) is 18.2 Å². The monoisotopic (exact) mass is 251 g/mol. The fourth-order valence-electron chi connectivity index (χ4n) is 1.18. The van der Waals surface area contributed by atoms with Crippen LogP contribution in [0.5, 0.6) is 0 Å². The highest BCUT2D eigenvalue weighted by atomic mass is 19.4. The van der Waals surface area contributed by atoms with Crippen molar-refractivity contribution in [3.8, 4) is 0 Å². The minimum atomic E-state index is -4.29. The van der Waals surface area contributed by atoms with Crippen LogP contribution in [0.25, 0.3) is 0 Å². The van der Waals surface area contributed by atoms with Gasteiger partial charge in [-0.05, 0) is 0 Å². The first kappa shape index (κ1) is 14.0. The van der Waals surface area contributed by atoms with Crippen LogP contribution in [0.1, 0.15) is 19.7 Å². The van der Waals surface area contributed by atoms with E-state index in [9.17, 15) is 13.2 Å². The summed E-state index contributed by atoms with van der Waals surface area (Å²) in [6.45, 7) is 3.07. The van der Waals surface area contributed by atoms with Crippen molar-refractivity contribution in [2.24, 2.45) is 0 Å². The zero-order chi connectivity index (χ0) is 12.9. The second-order valence-electron chi connectivity index (χ2n) is 3.94. The number of alkyl halides is 3. The molecule has 0 saturated heterocycles. The van der Waals surface area contributed by atoms with Crippen molar-refractivity contribution >= 4 is 0 Å². The SMILES string of the molecule is CC(C)NCc1nccn1COCC(F)(F)F. The molecule has 98 valence electrons. The van der Waals surface area contributed by atoms with Crippen molar-refractivity contribution in [1.82, 2.24) is 14.9 Å². The fraction of sp³-hybridized carbons (Fsp3) is 0.700. The van der Waals surface area contributed by atoms with Gasteiger partial charge in [0.15, 0.2) is 0 Å². The third kappa shape index (κ3) is 5.69. The van der Waals surface area contributed by atoms with Gasteiger partial charge in [-0.3, -0.25) is 0 Å². The Labute approximate surface area is 97.8 Å². The topological polar surface area (TPSA) is 39.1 Å². The maximum Gasteiger partial charge on any atom is 0.411 e. The predicted molar refractivity (Wildman–Crippen MR) is 56.2 cm³/mol. The largest absolute Gasteiger partial charge is 0.411 e. The second-order valence-corrected chi connectivity index (χ2v) is 3.94. The van der Waals surface area contributed by atoms with Gasteiger partial charge in [0.25, 0.3) is 0 Å². The fourth-order valence-corrected chi connectivity index (χ4v) is 1.18. The number of imidazole rings is 1. The molecule has 0 bridgehead atoms. The van der Waals surface area contributed by atoms with E-state index in [1.54, 1.807) is 10.8 Å². The van der Waals surface area contributed by atoms with Gasteiger partial charge < -0.3 is 14.6 Å². The van der Waals surface area contributed by atoms with Gasteiger partial charge in [0.05, 0.1) is 6.54 Å². The molecule has 0 aliphatic heterocycles. The van der Waals surface area contributed by atoms with Crippen LogP contribution in [-0.2, 0) is 18.0 Å². The number of aromatic nitrogens is 2. The maximum absolute atomic E-state index is 11.9. The summed E-state index contributed by atoms with van der Waals surface area (Å²) in [5, 5.41) is 3.13. The summed E-state index contributed by atoms with van der Waals surface area (Å²) in [6, 6.07) is 0.288. The minimum absolute atomic E-state index is 0.144. The summed E-state index contributed by atoms with van der Waals surface area (Å²) >= 11 is 0. The molecule has 0 atom stereocenters. The first-order valence-electron chi connectivity index (χ1n) is 5.26. The van der Waals surface area contributed by atoms with Crippen LogP contribution in [0.3, 0.4) is 0 Å². The quantitative estimate of drug-likeness (QED) is 0.839. The summed E-state index contributed by atoms with van der Waals surface area (Å²) in [4.78, 5) is 4.04. The molecule has 7 heteroatoms. The van der Waals surface area contributed by atoms with E-state index >= 15 is 0 Å². The van der Waals surface area contributed by atoms with Gasteiger partial charge in [-0.15, -0.1) is 0 Å². The molecule has 0 aliphatic rings. The molecule has 4 nitrogen and oxygen atoms in total. The van der Waals surface area contributed by atoms with Crippen LogP contribution < -0.4 is 5.32 Å². The lowest BCUT2D eigenvalue weighted by Gasteiger charge is -2.12. The average molecular weight is 251 g/mol. The Balaban J connectivity index is 2.40. The van der Waals surface area contributed by atoms with Crippen molar-refractivity contribution < 1.29 is 17.9 Å². The first-order chi connectivity index (χ1) is 7.88. The van der Waals surface area contributed by atoms with Gasteiger partial charge in [-0.1, -0.05) is 13.8 Å². The zero-order valence-corrected chi connectivity index (χ0v) is 9.79. The number of rotatable bonds is 6. The number of nitrogens with one attached hydrogen (secondary N) is 1. The molecular weight excluding hydrogens is 235 g/mol. The Morgan fingerprint density at radius 3 is 2.76 bits per heavy atom. The molecule has 0 fully saturated rings. The van der Waals surface area contributed by atoms with Gasteiger partial charge in [0.1, 0.15) is 19.2 Å². The van der Waals surface area contributed by atoms with Crippen LogP contribution in [0.15, 0.2) is 12.4 Å². The minimum Gasteiger partial charge on any atom is -0.351 e. The lowest BCUT2D eigenvalue weighted by atomic mass is 10.4. The molecular formula is C10H16F3N3O. The summed E-state index contributed by atoms with van der Waals surface area (Å²) in [5.41, 5.74) is 0. The van der Waals surface area contributed by atoms with E-state index in [0.717, 1.165) is 0 Å². The van der Waals surface area contributed by atoms with Crippen molar-refractivity contribution in [1.29, 1.82) is 0 Å². The summed E-state index contributed by atoms with van der Waals surface area (Å²) < 4.78 is 41.7. The van der Waals surface area contributed by atoms with Gasteiger partial charge in [0, 0.05) is 18.4 Å². The highest BCUT2D eigenvalue weighted by Gasteiger charge is 2.27. The Kier molecular flexibility index (Phi) is 4.95. The summed E-state index contributed by atoms with van der Waals surface area (Å²) in [6.07, 6.45) is -1.17. The molecule has 0 unspecified atom stereocenters. The van der Waals surface area contributed by atoms with Crippen molar-refractivity contribution in [2.75, 3.05) is 6.61 Å². The van der Waals surface area contributed by atoms with E-state index in [-0.39, 0.29) is 12.8 Å². The van der Waals surface area contributed by atoms with Crippen LogP contribution in [0.2, 0.25) is 0 Å². The van der Waals surface area contributed by atoms with Gasteiger partial charge in [-0.25, -0.2) is 4.98 Å². The Morgan fingerprint density at radius 2 is 2.18 bits per heavy atom. The zero-order valence-electron chi connectivity index (χ0n) is 9.79. The molecule has 1 heterocycles. The number of nitrogens with zero attached hydrogens (tertiary/aromatic N) is 2. The molecule has 0 spiro atoms. The van der Waals surface area contributed by atoms with Gasteiger partial charge >= 0.3 is 6.18 Å².